The summed E-state index contributed by atoms with van der Waals surface area (Å²) in [6.07, 6.45) is 3.11. The summed E-state index contributed by atoms with van der Waals surface area (Å²) in [6, 6.07) is 19.0. The summed E-state index contributed by atoms with van der Waals surface area (Å²) in [4.78, 5) is 15.1. The van der Waals surface area contributed by atoms with Gasteiger partial charge in [0, 0.05) is 12.1 Å². The van der Waals surface area contributed by atoms with Gasteiger partial charge in [0.2, 0.25) is 0 Å². The number of para-hydroxylation sites is 1. The highest BCUT2D eigenvalue weighted by molar-refractivity contribution is 6.09. The molecule has 4 nitrogen and oxygen atoms in total. The summed E-state index contributed by atoms with van der Waals surface area (Å²) < 4.78 is 5.94. The van der Waals surface area contributed by atoms with Crippen molar-refractivity contribution in [3.05, 3.63) is 89.0 Å². The van der Waals surface area contributed by atoms with Crippen LogP contribution in [0.4, 0.5) is 0 Å². The second kappa shape index (κ2) is 10.1. The van der Waals surface area contributed by atoms with E-state index >= 15 is 0 Å². The fourth-order valence-corrected chi connectivity index (χ4v) is 3.39. The van der Waals surface area contributed by atoms with E-state index in [1.165, 1.54) is 17.2 Å². The van der Waals surface area contributed by atoms with Crippen molar-refractivity contribution in [2.45, 2.75) is 13.8 Å². The minimum atomic E-state index is -0.172. The van der Waals surface area contributed by atoms with Gasteiger partial charge in [-0.25, -0.2) is 0 Å². The van der Waals surface area contributed by atoms with Crippen molar-refractivity contribution in [3.8, 4) is 22.6 Å². The van der Waals surface area contributed by atoms with E-state index in [9.17, 15) is 9.90 Å². The zero-order valence-corrected chi connectivity index (χ0v) is 18.6. The van der Waals surface area contributed by atoms with E-state index in [0.29, 0.717) is 23.5 Å². The smallest absolute Gasteiger partial charge is 0.189 e. The average Bonchev–Trinajstić information content (AvgIpc) is 2.72. The summed E-state index contributed by atoms with van der Waals surface area (Å²) in [5.74, 6) is 0.522. The SMILES string of the molecule is Cc1cc(C)cc(-c2ccc(OCCN(C)C)c(C(=O)C=Cc3ccccc3O)c2)c1. The average molecular weight is 416 g/mol. The highest BCUT2D eigenvalue weighted by Crippen LogP contribution is 2.29. The van der Waals surface area contributed by atoms with Gasteiger partial charge in [-0.3, -0.25) is 4.79 Å². The van der Waals surface area contributed by atoms with Crippen LogP contribution in [0.25, 0.3) is 17.2 Å². The molecule has 0 saturated carbocycles. The molecule has 0 aliphatic carbocycles. The molecule has 0 spiro atoms. The largest absolute Gasteiger partial charge is 0.507 e. The lowest BCUT2D eigenvalue weighted by molar-refractivity contribution is 0.104. The summed E-state index contributed by atoms with van der Waals surface area (Å²) in [7, 11) is 3.96. The topological polar surface area (TPSA) is 49.8 Å². The number of phenols is 1. The highest BCUT2D eigenvalue weighted by Gasteiger charge is 2.13. The Morgan fingerprint density at radius 3 is 2.35 bits per heavy atom. The van der Waals surface area contributed by atoms with Gasteiger partial charge in [0.1, 0.15) is 18.1 Å². The number of likely N-dealkylation sites (N-methyl/N-ethyl adjacent to an activating group) is 1. The fourth-order valence-electron chi connectivity index (χ4n) is 3.39. The molecule has 0 heterocycles. The molecule has 0 aliphatic rings. The molecule has 0 aromatic heterocycles. The van der Waals surface area contributed by atoms with Crippen LogP contribution in [0.3, 0.4) is 0 Å². The van der Waals surface area contributed by atoms with Gasteiger partial charge in [0.15, 0.2) is 5.78 Å². The van der Waals surface area contributed by atoms with E-state index in [1.54, 1.807) is 24.3 Å². The van der Waals surface area contributed by atoms with Crippen LogP contribution in [0.15, 0.2) is 66.7 Å². The molecular formula is C27H29NO3. The first-order valence-corrected chi connectivity index (χ1v) is 10.3. The van der Waals surface area contributed by atoms with Crippen LogP contribution in [-0.2, 0) is 0 Å². The van der Waals surface area contributed by atoms with Crippen LogP contribution in [0.1, 0.15) is 27.0 Å². The first kappa shape index (κ1) is 22.3. The standard InChI is InChI=1S/C27H29NO3/c1-19-15-20(2)17-23(16-19)22-10-12-27(31-14-13-28(3)4)24(18-22)26(30)11-9-21-7-5-6-8-25(21)29/h5-12,15-18,29H,13-14H2,1-4H3. The van der Waals surface area contributed by atoms with Gasteiger partial charge in [0.05, 0.1) is 5.56 Å². The molecule has 0 amide bonds. The third-order valence-corrected chi connectivity index (χ3v) is 4.95. The lowest BCUT2D eigenvalue weighted by Crippen LogP contribution is -2.20. The number of hydrogen-bond acceptors (Lipinski definition) is 4. The minimum absolute atomic E-state index is 0.137. The van der Waals surface area contributed by atoms with Crippen molar-refractivity contribution in [1.29, 1.82) is 0 Å². The fraction of sp³-hybridized carbons (Fsp3) is 0.222. The Kier molecular flexibility index (Phi) is 7.27. The number of ketones is 1. The van der Waals surface area contributed by atoms with Crippen LogP contribution in [-0.4, -0.2) is 43.0 Å². The zero-order valence-electron chi connectivity index (χ0n) is 18.6. The number of benzene rings is 3. The van der Waals surface area contributed by atoms with Gasteiger partial charge < -0.3 is 14.7 Å². The van der Waals surface area contributed by atoms with E-state index in [4.69, 9.17) is 4.74 Å². The predicted octanol–water partition coefficient (Wildman–Crippen LogP) is 5.51. The maximum atomic E-state index is 13.1. The van der Waals surface area contributed by atoms with Crippen LogP contribution < -0.4 is 4.74 Å². The Balaban J connectivity index is 1.96. The maximum absolute atomic E-state index is 13.1. The first-order valence-electron chi connectivity index (χ1n) is 10.3. The number of rotatable bonds is 8. The van der Waals surface area contributed by atoms with Crippen molar-refractivity contribution < 1.29 is 14.6 Å². The molecule has 160 valence electrons. The minimum Gasteiger partial charge on any atom is -0.507 e. The lowest BCUT2D eigenvalue weighted by atomic mass is 9.97. The molecule has 3 aromatic rings. The molecular weight excluding hydrogens is 386 g/mol. The monoisotopic (exact) mass is 415 g/mol. The van der Waals surface area contributed by atoms with Crippen molar-refractivity contribution >= 4 is 11.9 Å². The number of ether oxygens (including phenoxy) is 1. The van der Waals surface area contributed by atoms with Crippen LogP contribution in [0, 0.1) is 13.8 Å². The quantitative estimate of drug-likeness (QED) is 0.389. The van der Waals surface area contributed by atoms with Crippen LogP contribution in [0.2, 0.25) is 0 Å². The summed E-state index contributed by atoms with van der Waals surface area (Å²) in [5.41, 5.74) is 5.47. The molecule has 0 fully saturated rings. The van der Waals surface area contributed by atoms with Crippen molar-refractivity contribution in [2.24, 2.45) is 0 Å². The van der Waals surface area contributed by atoms with E-state index in [1.807, 2.05) is 43.3 Å². The molecule has 4 heteroatoms. The van der Waals surface area contributed by atoms with Crippen molar-refractivity contribution in [3.63, 3.8) is 0 Å². The molecule has 1 N–H and O–H groups in total. The van der Waals surface area contributed by atoms with E-state index in [0.717, 1.165) is 17.7 Å². The molecule has 0 radical (unpaired) electrons. The Bertz CT molecular complexity index is 1080. The number of aryl methyl sites for hydroxylation is 2. The third-order valence-electron chi connectivity index (χ3n) is 4.95. The van der Waals surface area contributed by atoms with Crippen molar-refractivity contribution in [2.75, 3.05) is 27.2 Å². The highest BCUT2D eigenvalue weighted by atomic mass is 16.5. The molecule has 0 aliphatic heterocycles. The summed E-state index contributed by atoms with van der Waals surface area (Å²) >= 11 is 0. The number of phenolic OH excluding ortho intramolecular Hbond substituents is 1. The molecule has 0 bridgehead atoms. The van der Waals surface area contributed by atoms with Gasteiger partial charge in [-0.15, -0.1) is 0 Å². The van der Waals surface area contributed by atoms with Crippen molar-refractivity contribution in [1.82, 2.24) is 4.90 Å². The van der Waals surface area contributed by atoms with Gasteiger partial charge in [-0.2, -0.15) is 0 Å². The number of nitrogens with zero attached hydrogens (tertiary/aromatic N) is 1. The summed E-state index contributed by atoms with van der Waals surface area (Å²) in [5, 5.41) is 9.97. The Morgan fingerprint density at radius 2 is 1.68 bits per heavy atom. The number of aromatic hydroxyl groups is 1. The summed E-state index contributed by atoms with van der Waals surface area (Å²) in [6.45, 7) is 5.37. The number of carbonyl (C=O) groups excluding carboxylic acids is 1. The number of allylic oxidation sites excluding steroid dienone is 1. The third kappa shape index (κ3) is 6.06. The molecule has 0 saturated heterocycles. The Hall–Kier alpha value is -3.37. The molecule has 3 aromatic carbocycles. The van der Waals surface area contributed by atoms with Gasteiger partial charge in [-0.05, 0) is 69.4 Å². The maximum Gasteiger partial charge on any atom is 0.189 e. The lowest BCUT2D eigenvalue weighted by Gasteiger charge is -2.15. The second-order valence-corrected chi connectivity index (χ2v) is 8.00. The van der Waals surface area contributed by atoms with Crippen LogP contribution >= 0.6 is 0 Å². The number of hydrogen-bond donors (Lipinski definition) is 1. The van der Waals surface area contributed by atoms with E-state index in [-0.39, 0.29) is 11.5 Å². The predicted molar refractivity (Wildman–Crippen MR) is 127 cm³/mol. The normalized spacial score (nSPS) is 11.3. The van der Waals surface area contributed by atoms with Gasteiger partial charge in [-0.1, -0.05) is 53.6 Å². The first-order chi connectivity index (χ1) is 14.8. The van der Waals surface area contributed by atoms with Crippen LogP contribution in [0.5, 0.6) is 11.5 Å². The van der Waals surface area contributed by atoms with E-state index in [2.05, 4.69) is 32.0 Å². The second-order valence-electron chi connectivity index (χ2n) is 8.00. The van der Waals surface area contributed by atoms with Gasteiger partial charge in [0.25, 0.3) is 0 Å². The number of carbonyl (C=O) groups is 1. The Morgan fingerprint density at radius 1 is 0.968 bits per heavy atom. The Labute approximate surface area is 184 Å². The van der Waals surface area contributed by atoms with E-state index < -0.39 is 0 Å². The zero-order chi connectivity index (χ0) is 22.4. The van der Waals surface area contributed by atoms with Gasteiger partial charge >= 0.3 is 0 Å². The molecule has 0 atom stereocenters. The molecule has 3 rings (SSSR count). The molecule has 0 unspecified atom stereocenters. The molecule has 31 heavy (non-hydrogen) atoms.